The summed E-state index contributed by atoms with van der Waals surface area (Å²) in [7, 11) is 0. The van der Waals surface area contributed by atoms with Gasteiger partial charge in [0.25, 0.3) is 0 Å². The van der Waals surface area contributed by atoms with E-state index in [1.165, 1.54) is 11.3 Å². The number of aliphatic hydroxyl groups is 1. The van der Waals surface area contributed by atoms with E-state index in [2.05, 4.69) is 10.3 Å². The second-order valence-corrected chi connectivity index (χ2v) is 4.02. The molecule has 0 radical (unpaired) electrons. The zero-order chi connectivity index (χ0) is 8.97. The molecule has 5 heteroatoms. The minimum atomic E-state index is -0.539. The zero-order valence-electron chi connectivity index (χ0n) is 6.75. The number of rotatable bonds is 4. The average molecular weight is 207 g/mol. The van der Waals surface area contributed by atoms with Crippen molar-refractivity contribution in [1.82, 2.24) is 10.3 Å². The molecule has 0 aliphatic carbocycles. The van der Waals surface area contributed by atoms with Crippen LogP contribution >= 0.6 is 22.9 Å². The van der Waals surface area contributed by atoms with Gasteiger partial charge in [-0.05, 0) is 6.54 Å². The van der Waals surface area contributed by atoms with Crippen LogP contribution in [0, 0.1) is 0 Å². The molecule has 1 heterocycles. The van der Waals surface area contributed by atoms with Crippen LogP contribution in [0.1, 0.15) is 18.0 Å². The lowest BCUT2D eigenvalue weighted by Gasteiger charge is -2.06. The Morgan fingerprint density at radius 1 is 1.83 bits per heavy atom. The van der Waals surface area contributed by atoms with Gasteiger partial charge in [0, 0.05) is 6.54 Å². The minimum absolute atomic E-state index is 0.528. The molecular weight excluding hydrogens is 196 g/mol. The molecular formula is C7H11ClN2OS. The summed E-state index contributed by atoms with van der Waals surface area (Å²) in [6.07, 6.45) is 1.01. The molecule has 0 aromatic carbocycles. The maximum absolute atomic E-state index is 9.49. The van der Waals surface area contributed by atoms with Crippen LogP contribution < -0.4 is 5.32 Å². The standard InChI is InChI=1S/C7H11ClN2OS/c1-2-9-3-5(11)7-10-4-6(8)12-7/h4-5,9,11H,2-3H2,1H3. The number of hydrogen-bond donors (Lipinski definition) is 2. The average Bonchev–Trinajstić information content (AvgIpc) is 2.47. The topological polar surface area (TPSA) is 45.1 Å². The van der Waals surface area contributed by atoms with Crippen LogP contribution in [-0.2, 0) is 0 Å². The fourth-order valence-corrected chi connectivity index (χ4v) is 1.71. The van der Waals surface area contributed by atoms with Crippen molar-refractivity contribution in [2.75, 3.05) is 13.1 Å². The normalized spacial score (nSPS) is 13.2. The summed E-state index contributed by atoms with van der Waals surface area (Å²) in [6, 6.07) is 0. The highest BCUT2D eigenvalue weighted by atomic mass is 35.5. The van der Waals surface area contributed by atoms with E-state index in [4.69, 9.17) is 11.6 Å². The van der Waals surface area contributed by atoms with E-state index in [1.54, 1.807) is 6.20 Å². The summed E-state index contributed by atoms with van der Waals surface area (Å²) in [4.78, 5) is 3.97. The quantitative estimate of drug-likeness (QED) is 0.784. The first-order valence-corrected chi connectivity index (χ1v) is 4.93. The molecule has 0 fully saturated rings. The number of hydrogen-bond acceptors (Lipinski definition) is 4. The van der Waals surface area contributed by atoms with Crippen molar-refractivity contribution in [2.24, 2.45) is 0 Å². The maximum Gasteiger partial charge on any atom is 0.124 e. The second-order valence-electron chi connectivity index (χ2n) is 2.33. The van der Waals surface area contributed by atoms with Crippen molar-refractivity contribution in [3.05, 3.63) is 15.5 Å². The van der Waals surface area contributed by atoms with Gasteiger partial charge in [0.05, 0.1) is 6.20 Å². The van der Waals surface area contributed by atoms with Gasteiger partial charge in [0.1, 0.15) is 15.4 Å². The van der Waals surface area contributed by atoms with Gasteiger partial charge in [-0.25, -0.2) is 4.98 Å². The van der Waals surface area contributed by atoms with E-state index in [9.17, 15) is 5.11 Å². The number of aromatic nitrogens is 1. The van der Waals surface area contributed by atoms with E-state index >= 15 is 0 Å². The Bertz CT molecular complexity index is 241. The van der Waals surface area contributed by atoms with Gasteiger partial charge < -0.3 is 10.4 Å². The van der Waals surface area contributed by atoms with E-state index in [-0.39, 0.29) is 0 Å². The summed E-state index contributed by atoms with van der Waals surface area (Å²) in [5.74, 6) is 0. The van der Waals surface area contributed by atoms with Gasteiger partial charge >= 0.3 is 0 Å². The fraction of sp³-hybridized carbons (Fsp3) is 0.571. The summed E-state index contributed by atoms with van der Waals surface area (Å²) in [5.41, 5.74) is 0. The van der Waals surface area contributed by atoms with E-state index in [0.717, 1.165) is 6.54 Å². The van der Waals surface area contributed by atoms with Gasteiger partial charge in [0.15, 0.2) is 0 Å². The molecule has 2 N–H and O–H groups in total. The Hall–Kier alpha value is -0.160. The van der Waals surface area contributed by atoms with Crippen molar-refractivity contribution >= 4 is 22.9 Å². The Morgan fingerprint density at radius 2 is 2.58 bits per heavy atom. The smallest absolute Gasteiger partial charge is 0.124 e. The molecule has 0 aliphatic heterocycles. The van der Waals surface area contributed by atoms with Gasteiger partial charge in [-0.2, -0.15) is 0 Å². The van der Waals surface area contributed by atoms with Gasteiger partial charge in [0.2, 0.25) is 0 Å². The molecule has 1 aromatic rings. The fourth-order valence-electron chi connectivity index (χ4n) is 0.789. The van der Waals surface area contributed by atoms with E-state index < -0.39 is 6.10 Å². The SMILES string of the molecule is CCNCC(O)c1ncc(Cl)s1. The predicted molar refractivity (Wildman–Crippen MR) is 50.6 cm³/mol. The molecule has 0 aliphatic rings. The third kappa shape index (κ3) is 2.71. The molecule has 0 saturated heterocycles. The number of nitrogens with one attached hydrogen (secondary N) is 1. The molecule has 0 saturated carbocycles. The summed E-state index contributed by atoms with van der Waals surface area (Å²) in [5, 5.41) is 13.2. The van der Waals surface area contributed by atoms with Crippen molar-refractivity contribution in [3.8, 4) is 0 Å². The van der Waals surface area contributed by atoms with E-state index in [1.807, 2.05) is 6.92 Å². The first kappa shape index (κ1) is 9.92. The molecule has 0 amide bonds. The first-order chi connectivity index (χ1) is 5.74. The van der Waals surface area contributed by atoms with E-state index in [0.29, 0.717) is 15.9 Å². The first-order valence-electron chi connectivity index (χ1n) is 3.74. The Labute approximate surface area is 80.4 Å². The highest BCUT2D eigenvalue weighted by Crippen LogP contribution is 2.23. The van der Waals surface area contributed by atoms with Crippen LogP contribution in [0.2, 0.25) is 4.34 Å². The van der Waals surface area contributed by atoms with Crippen LogP contribution in [0.25, 0.3) is 0 Å². The molecule has 0 bridgehead atoms. The van der Waals surface area contributed by atoms with Gasteiger partial charge in [-0.3, -0.25) is 0 Å². The lowest BCUT2D eigenvalue weighted by Crippen LogP contribution is -2.20. The molecule has 68 valence electrons. The highest BCUT2D eigenvalue weighted by molar-refractivity contribution is 7.15. The lowest BCUT2D eigenvalue weighted by atomic mass is 10.4. The lowest BCUT2D eigenvalue weighted by molar-refractivity contribution is 0.175. The van der Waals surface area contributed by atoms with Gasteiger partial charge in [-0.1, -0.05) is 18.5 Å². The molecule has 1 aromatic heterocycles. The Balaban J connectivity index is 2.47. The molecule has 1 unspecified atom stereocenters. The molecule has 3 nitrogen and oxygen atoms in total. The third-order valence-corrected chi connectivity index (χ3v) is 2.58. The van der Waals surface area contributed by atoms with Crippen LogP contribution in [0.3, 0.4) is 0 Å². The third-order valence-electron chi connectivity index (χ3n) is 1.37. The maximum atomic E-state index is 9.49. The minimum Gasteiger partial charge on any atom is -0.385 e. The number of thiazole rings is 1. The summed E-state index contributed by atoms with van der Waals surface area (Å²) in [6.45, 7) is 3.36. The van der Waals surface area contributed by atoms with Gasteiger partial charge in [-0.15, -0.1) is 11.3 Å². The van der Waals surface area contributed by atoms with Crippen LogP contribution in [0.15, 0.2) is 6.20 Å². The van der Waals surface area contributed by atoms with Crippen LogP contribution in [-0.4, -0.2) is 23.2 Å². The molecule has 1 atom stereocenters. The van der Waals surface area contributed by atoms with Crippen molar-refractivity contribution in [1.29, 1.82) is 0 Å². The largest absolute Gasteiger partial charge is 0.385 e. The monoisotopic (exact) mass is 206 g/mol. The van der Waals surface area contributed by atoms with Crippen molar-refractivity contribution in [3.63, 3.8) is 0 Å². The second kappa shape index (κ2) is 4.77. The van der Waals surface area contributed by atoms with Crippen LogP contribution in [0.5, 0.6) is 0 Å². The molecule has 1 rings (SSSR count). The summed E-state index contributed by atoms with van der Waals surface area (Å²) >= 11 is 6.97. The van der Waals surface area contributed by atoms with Crippen molar-refractivity contribution < 1.29 is 5.11 Å². The highest BCUT2D eigenvalue weighted by Gasteiger charge is 2.10. The molecule has 12 heavy (non-hydrogen) atoms. The Morgan fingerprint density at radius 3 is 3.08 bits per heavy atom. The Kier molecular flexibility index (Phi) is 3.94. The predicted octanol–water partition coefficient (Wildman–Crippen LogP) is 1.44. The molecule has 0 spiro atoms. The zero-order valence-corrected chi connectivity index (χ0v) is 8.32. The number of aliphatic hydroxyl groups excluding tert-OH is 1. The summed E-state index contributed by atoms with van der Waals surface area (Å²) < 4.78 is 0.612. The van der Waals surface area contributed by atoms with Crippen LogP contribution in [0.4, 0.5) is 0 Å². The van der Waals surface area contributed by atoms with Crippen molar-refractivity contribution in [2.45, 2.75) is 13.0 Å². The number of halogens is 1. The number of likely N-dealkylation sites (N-methyl/N-ethyl adjacent to an activating group) is 1. The number of nitrogens with zero attached hydrogens (tertiary/aromatic N) is 1.